The van der Waals surface area contributed by atoms with Gasteiger partial charge in [-0.05, 0) is 42.8 Å². The van der Waals surface area contributed by atoms with Gasteiger partial charge in [-0.1, -0.05) is 11.6 Å². The van der Waals surface area contributed by atoms with Gasteiger partial charge in [0.2, 0.25) is 0 Å². The molecule has 0 aliphatic rings. The van der Waals surface area contributed by atoms with Crippen molar-refractivity contribution in [2.45, 2.75) is 6.92 Å². The van der Waals surface area contributed by atoms with E-state index in [2.05, 4.69) is 15.6 Å². The number of benzene rings is 1. The summed E-state index contributed by atoms with van der Waals surface area (Å²) in [4.78, 5) is 15.8. The lowest BCUT2D eigenvalue weighted by atomic mass is 10.2. The highest BCUT2D eigenvalue weighted by Crippen LogP contribution is 2.15. The van der Waals surface area contributed by atoms with Crippen molar-refractivity contribution in [1.29, 1.82) is 0 Å². The fourth-order valence-electron chi connectivity index (χ4n) is 1.45. The number of aromatic nitrogens is 1. The number of nitrogen functional groups attached to an aromatic ring is 1. The maximum absolute atomic E-state index is 11.7. The van der Waals surface area contributed by atoms with Gasteiger partial charge in [0.25, 0.3) is 0 Å². The molecule has 5 nitrogen and oxygen atoms in total. The molecule has 4 N–H and O–H groups in total. The molecule has 2 rings (SSSR count). The third-order valence-corrected chi connectivity index (χ3v) is 2.75. The number of nitrogens with two attached hydrogens (primary N) is 1. The second kappa shape index (κ2) is 5.58. The summed E-state index contributed by atoms with van der Waals surface area (Å²) >= 11 is 5.76. The highest BCUT2D eigenvalue weighted by Gasteiger charge is 2.04. The minimum Gasteiger partial charge on any atom is -0.397 e. The van der Waals surface area contributed by atoms with E-state index >= 15 is 0 Å². The maximum atomic E-state index is 11.7. The summed E-state index contributed by atoms with van der Waals surface area (Å²) in [5.74, 6) is 0.443. The molecule has 0 spiro atoms. The van der Waals surface area contributed by atoms with Gasteiger partial charge >= 0.3 is 6.03 Å². The average molecular weight is 277 g/mol. The lowest BCUT2D eigenvalue weighted by Crippen LogP contribution is -2.20. The molecule has 19 heavy (non-hydrogen) atoms. The first-order valence-corrected chi connectivity index (χ1v) is 5.98. The van der Waals surface area contributed by atoms with Crippen LogP contribution in [0, 0.1) is 6.92 Å². The van der Waals surface area contributed by atoms with E-state index in [0.29, 0.717) is 22.2 Å². The van der Waals surface area contributed by atoms with E-state index < -0.39 is 0 Å². The first-order chi connectivity index (χ1) is 9.04. The van der Waals surface area contributed by atoms with Crippen LogP contribution in [0.1, 0.15) is 5.56 Å². The van der Waals surface area contributed by atoms with Gasteiger partial charge in [-0.25, -0.2) is 9.78 Å². The van der Waals surface area contributed by atoms with Gasteiger partial charge in [0.1, 0.15) is 5.82 Å². The van der Waals surface area contributed by atoms with Crippen LogP contribution in [0.2, 0.25) is 5.02 Å². The number of pyridine rings is 1. The normalized spacial score (nSPS) is 10.0. The number of aryl methyl sites for hydroxylation is 1. The van der Waals surface area contributed by atoms with E-state index in [1.54, 1.807) is 30.3 Å². The van der Waals surface area contributed by atoms with Crippen molar-refractivity contribution in [2.24, 2.45) is 0 Å². The number of hydrogen-bond acceptors (Lipinski definition) is 3. The predicted octanol–water partition coefficient (Wildman–Crippen LogP) is 3.27. The zero-order valence-corrected chi connectivity index (χ0v) is 11.0. The Morgan fingerprint density at radius 1 is 1.26 bits per heavy atom. The molecule has 0 aliphatic carbocycles. The molecule has 1 heterocycles. The number of halogens is 1. The van der Waals surface area contributed by atoms with E-state index in [-0.39, 0.29) is 6.03 Å². The molecule has 98 valence electrons. The summed E-state index contributed by atoms with van der Waals surface area (Å²) < 4.78 is 0. The number of rotatable bonds is 2. The summed E-state index contributed by atoms with van der Waals surface area (Å²) in [5.41, 5.74) is 7.75. The molecule has 0 fully saturated rings. The summed E-state index contributed by atoms with van der Waals surface area (Å²) in [5, 5.41) is 5.91. The summed E-state index contributed by atoms with van der Waals surface area (Å²) in [6.07, 6.45) is 1.51. The number of amides is 2. The Kier molecular flexibility index (Phi) is 3.87. The van der Waals surface area contributed by atoms with Crippen molar-refractivity contribution in [3.8, 4) is 0 Å². The minimum absolute atomic E-state index is 0.376. The standard InChI is InChI=1S/C13H13ClN4O/c1-8-6-12(16-7-11(8)15)18-13(19)17-10-4-2-9(14)3-5-10/h2-7H,15H2,1H3,(H2,16,17,18,19). The first kappa shape index (κ1) is 13.2. The van der Waals surface area contributed by atoms with Crippen molar-refractivity contribution >= 4 is 34.8 Å². The molecule has 0 bridgehead atoms. The third-order valence-electron chi connectivity index (χ3n) is 2.49. The largest absolute Gasteiger partial charge is 0.397 e. The highest BCUT2D eigenvalue weighted by molar-refractivity contribution is 6.30. The predicted molar refractivity (Wildman–Crippen MR) is 77.5 cm³/mol. The molecule has 0 saturated carbocycles. The number of carbonyl (C=O) groups excluding carboxylic acids is 1. The fraction of sp³-hybridized carbons (Fsp3) is 0.0769. The second-order valence-electron chi connectivity index (χ2n) is 4.01. The maximum Gasteiger partial charge on any atom is 0.324 e. The molecule has 6 heteroatoms. The molecule has 0 unspecified atom stereocenters. The van der Waals surface area contributed by atoms with Crippen molar-refractivity contribution in [3.05, 3.63) is 47.1 Å². The van der Waals surface area contributed by atoms with Crippen LogP contribution in [0.5, 0.6) is 0 Å². The summed E-state index contributed by atoms with van der Waals surface area (Å²) in [6.45, 7) is 1.85. The molecule has 2 aromatic rings. The second-order valence-corrected chi connectivity index (χ2v) is 4.45. The van der Waals surface area contributed by atoms with Crippen LogP contribution in [-0.4, -0.2) is 11.0 Å². The van der Waals surface area contributed by atoms with Crippen molar-refractivity contribution in [3.63, 3.8) is 0 Å². The van der Waals surface area contributed by atoms with Crippen LogP contribution in [0.4, 0.5) is 22.0 Å². The Morgan fingerprint density at radius 2 is 1.95 bits per heavy atom. The van der Waals surface area contributed by atoms with Crippen LogP contribution in [0.25, 0.3) is 0 Å². The summed E-state index contributed by atoms with van der Waals surface area (Å²) in [6, 6.07) is 8.15. The SMILES string of the molecule is Cc1cc(NC(=O)Nc2ccc(Cl)cc2)ncc1N. The van der Waals surface area contributed by atoms with Crippen molar-refractivity contribution in [1.82, 2.24) is 4.98 Å². The lowest BCUT2D eigenvalue weighted by Gasteiger charge is -2.08. The Labute approximate surface area is 115 Å². The fourth-order valence-corrected chi connectivity index (χ4v) is 1.57. The Morgan fingerprint density at radius 3 is 2.58 bits per heavy atom. The van der Waals surface area contributed by atoms with Gasteiger partial charge in [0.15, 0.2) is 0 Å². The quantitative estimate of drug-likeness (QED) is 0.787. The van der Waals surface area contributed by atoms with Gasteiger partial charge in [0.05, 0.1) is 11.9 Å². The number of anilines is 3. The van der Waals surface area contributed by atoms with Crippen LogP contribution in [-0.2, 0) is 0 Å². The van der Waals surface area contributed by atoms with Gasteiger partial charge in [-0.3, -0.25) is 5.32 Å². The molecular formula is C13H13ClN4O. The summed E-state index contributed by atoms with van der Waals surface area (Å²) in [7, 11) is 0. The third kappa shape index (κ3) is 3.59. The molecule has 0 atom stereocenters. The number of carbonyl (C=O) groups is 1. The van der Waals surface area contributed by atoms with Gasteiger partial charge in [-0.15, -0.1) is 0 Å². The van der Waals surface area contributed by atoms with Crippen LogP contribution in [0.3, 0.4) is 0 Å². The average Bonchev–Trinajstić information content (AvgIpc) is 2.37. The van der Waals surface area contributed by atoms with E-state index in [1.165, 1.54) is 6.20 Å². The monoisotopic (exact) mass is 276 g/mol. The van der Waals surface area contributed by atoms with E-state index in [1.807, 2.05) is 6.92 Å². The zero-order chi connectivity index (χ0) is 13.8. The number of hydrogen-bond donors (Lipinski definition) is 3. The van der Waals surface area contributed by atoms with E-state index in [4.69, 9.17) is 17.3 Å². The number of nitrogens with zero attached hydrogens (tertiary/aromatic N) is 1. The van der Waals surface area contributed by atoms with Crippen LogP contribution < -0.4 is 16.4 Å². The minimum atomic E-state index is -0.376. The first-order valence-electron chi connectivity index (χ1n) is 5.60. The topological polar surface area (TPSA) is 80.0 Å². The molecule has 1 aromatic heterocycles. The smallest absolute Gasteiger partial charge is 0.324 e. The van der Waals surface area contributed by atoms with Gasteiger partial charge < -0.3 is 11.1 Å². The van der Waals surface area contributed by atoms with E-state index in [9.17, 15) is 4.79 Å². The van der Waals surface area contributed by atoms with Gasteiger partial charge in [-0.2, -0.15) is 0 Å². The van der Waals surface area contributed by atoms with Crippen LogP contribution >= 0.6 is 11.6 Å². The molecule has 0 saturated heterocycles. The van der Waals surface area contributed by atoms with Crippen molar-refractivity contribution < 1.29 is 4.79 Å². The lowest BCUT2D eigenvalue weighted by molar-refractivity contribution is 0.262. The number of nitrogens with one attached hydrogen (secondary N) is 2. The van der Waals surface area contributed by atoms with Crippen molar-refractivity contribution in [2.75, 3.05) is 16.4 Å². The Balaban J connectivity index is 2.01. The Hall–Kier alpha value is -2.27. The Bertz CT molecular complexity index is 598. The highest BCUT2D eigenvalue weighted by atomic mass is 35.5. The molecular weight excluding hydrogens is 264 g/mol. The molecule has 0 aliphatic heterocycles. The van der Waals surface area contributed by atoms with Crippen LogP contribution in [0.15, 0.2) is 36.5 Å². The van der Waals surface area contributed by atoms with E-state index in [0.717, 1.165) is 5.56 Å². The molecule has 1 aromatic carbocycles. The zero-order valence-electron chi connectivity index (χ0n) is 10.3. The number of urea groups is 1. The molecule has 2 amide bonds. The van der Waals surface area contributed by atoms with Gasteiger partial charge in [0, 0.05) is 10.7 Å². The molecule has 0 radical (unpaired) electrons.